The Labute approximate surface area is 81.9 Å². The second-order valence-corrected chi connectivity index (χ2v) is 4.84. The van der Waals surface area contributed by atoms with E-state index in [9.17, 15) is 4.79 Å². The van der Waals surface area contributed by atoms with Gasteiger partial charge in [0.25, 0.3) is 0 Å². The summed E-state index contributed by atoms with van der Waals surface area (Å²) in [6, 6.07) is 0. The molecule has 0 spiro atoms. The van der Waals surface area contributed by atoms with Crippen molar-refractivity contribution in [2.45, 2.75) is 52.9 Å². The number of ketones is 1. The van der Waals surface area contributed by atoms with Gasteiger partial charge in [-0.25, -0.2) is 0 Å². The van der Waals surface area contributed by atoms with Gasteiger partial charge in [0.15, 0.2) is 0 Å². The van der Waals surface area contributed by atoms with Crippen molar-refractivity contribution in [3.05, 3.63) is 0 Å². The number of carbonyl (C=O) groups is 1. The minimum atomic E-state index is 0.492. The molecule has 0 N–H and O–H groups in total. The van der Waals surface area contributed by atoms with Gasteiger partial charge in [-0.3, -0.25) is 4.79 Å². The molecule has 1 nitrogen and oxygen atoms in total. The standard InChI is InChI=1S/C12H22O/c1-4-10-8-12(13)6-5-11(10)7-9(2)3/h9-11H,4-8H2,1-3H3. The molecule has 2 unspecified atom stereocenters. The highest BCUT2D eigenvalue weighted by molar-refractivity contribution is 5.79. The lowest BCUT2D eigenvalue weighted by Gasteiger charge is -2.31. The topological polar surface area (TPSA) is 17.1 Å². The molecule has 1 fully saturated rings. The summed E-state index contributed by atoms with van der Waals surface area (Å²) in [6.07, 6.45) is 5.34. The molecule has 0 amide bonds. The van der Waals surface area contributed by atoms with Crippen molar-refractivity contribution in [1.29, 1.82) is 0 Å². The van der Waals surface area contributed by atoms with Crippen LogP contribution in [0, 0.1) is 17.8 Å². The molecule has 13 heavy (non-hydrogen) atoms. The van der Waals surface area contributed by atoms with Crippen molar-refractivity contribution in [1.82, 2.24) is 0 Å². The fourth-order valence-corrected chi connectivity index (χ4v) is 2.54. The van der Waals surface area contributed by atoms with Crippen molar-refractivity contribution in [3.8, 4) is 0 Å². The molecule has 2 atom stereocenters. The van der Waals surface area contributed by atoms with Crippen molar-refractivity contribution >= 4 is 5.78 Å². The molecule has 1 saturated carbocycles. The van der Waals surface area contributed by atoms with Gasteiger partial charge in [0.2, 0.25) is 0 Å². The van der Waals surface area contributed by atoms with E-state index in [0.717, 1.165) is 31.1 Å². The first-order chi connectivity index (χ1) is 6.13. The largest absolute Gasteiger partial charge is 0.300 e. The molecule has 1 rings (SSSR count). The van der Waals surface area contributed by atoms with Crippen molar-refractivity contribution in [2.75, 3.05) is 0 Å². The smallest absolute Gasteiger partial charge is 0.133 e. The van der Waals surface area contributed by atoms with Gasteiger partial charge in [-0.1, -0.05) is 27.2 Å². The number of hydrogen-bond donors (Lipinski definition) is 0. The number of Topliss-reactive ketones (excluding diaryl/α,β-unsaturated/α-hetero) is 1. The van der Waals surface area contributed by atoms with E-state index in [1.54, 1.807) is 0 Å². The van der Waals surface area contributed by atoms with Crippen LogP contribution < -0.4 is 0 Å². The van der Waals surface area contributed by atoms with Crippen LogP contribution in [0.4, 0.5) is 0 Å². The van der Waals surface area contributed by atoms with Crippen molar-refractivity contribution < 1.29 is 4.79 Å². The molecule has 0 aromatic heterocycles. The van der Waals surface area contributed by atoms with Crippen LogP contribution in [0.15, 0.2) is 0 Å². The van der Waals surface area contributed by atoms with Crippen molar-refractivity contribution in [3.63, 3.8) is 0 Å². The van der Waals surface area contributed by atoms with E-state index >= 15 is 0 Å². The summed E-state index contributed by atoms with van der Waals surface area (Å²) in [6.45, 7) is 6.78. The van der Waals surface area contributed by atoms with Gasteiger partial charge >= 0.3 is 0 Å². The monoisotopic (exact) mass is 182 g/mol. The zero-order valence-electron chi connectivity index (χ0n) is 9.18. The molecule has 0 bridgehead atoms. The highest BCUT2D eigenvalue weighted by Gasteiger charge is 2.28. The Balaban J connectivity index is 2.47. The third-order valence-electron chi connectivity index (χ3n) is 3.25. The van der Waals surface area contributed by atoms with Crippen LogP contribution in [0.2, 0.25) is 0 Å². The van der Waals surface area contributed by atoms with Gasteiger partial charge < -0.3 is 0 Å². The van der Waals surface area contributed by atoms with Crippen LogP contribution >= 0.6 is 0 Å². The molecular weight excluding hydrogens is 160 g/mol. The first kappa shape index (κ1) is 10.7. The van der Waals surface area contributed by atoms with Crippen LogP contribution in [0.1, 0.15) is 52.9 Å². The van der Waals surface area contributed by atoms with E-state index in [4.69, 9.17) is 0 Å². The summed E-state index contributed by atoms with van der Waals surface area (Å²) in [5.74, 6) is 2.78. The summed E-state index contributed by atoms with van der Waals surface area (Å²) in [5, 5.41) is 0. The molecule has 1 heteroatoms. The second-order valence-electron chi connectivity index (χ2n) is 4.84. The Hall–Kier alpha value is -0.330. The highest BCUT2D eigenvalue weighted by atomic mass is 16.1. The van der Waals surface area contributed by atoms with Crippen LogP contribution in [0.5, 0.6) is 0 Å². The van der Waals surface area contributed by atoms with Gasteiger partial charge in [-0.05, 0) is 30.6 Å². The van der Waals surface area contributed by atoms with E-state index in [0.29, 0.717) is 11.7 Å². The highest BCUT2D eigenvalue weighted by Crippen LogP contribution is 2.34. The predicted molar refractivity (Wildman–Crippen MR) is 55.6 cm³/mol. The SMILES string of the molecule is CCC1CC(=O)CCC1CC(C)C. The van der Waals surface area contributed by atoms with E-state index in [1.807, 2.05) is 0 Å². The average Bonchev–Trinajstić information content (AvgIpc) is 2.07. The average molecular weight is 182 g/mol. The minimum absolute atomic E-state index is 0.492. The van der Waals surface area contributed by atoms with Crippen LogP contribution in [-0.2, 0) is 4.79 Å². The third-order valence-corrected chi connectivity index (χ3v) is 3.25. The normalized spacial score (nSPS) is 29.7. The van der Waals surface area contributed by atoms with Gasteiger partial charge in [-0.2, -0.15) is 0 Å². The number of hydrogen-bond acceptors (Lipinski definition) is 1. The molecule has 0 saturated heterocycles. The molecule has 0 radical (unpaired) electrons. The lowest BCUT2D eigenvalue weighted by Crippen LogP contribution is -2.25. The molecule has 0 aromatic rings. The quantitative estimate of drug-likeness (QED) is 0.653. The third kappa shape index (κ3) is 3.13. The van der Waals surface area contributed by atoms with Gasteiger partial charge in [0.05, 0.1) is 0 Å². The Morgan fingerprint density at radius 3 is 2.62 bits per heavy atom. The van der Waals surface area contributed by atoms with E-state index in [2.05, 4.69) is 20.8 Å². The summed E-state index contributed by atoms with van der Waals surface area (Å²) in [7, 11) is 0. The summed E-state index contributed by atoms with van der Waals surface area (Å²) in [5.41, 5.74) is 0. The molecule has 1 aliphatic rings. The first-order valence-corrected chi connectivity index (χ1v) is 5.65. The maximum atomic E-state index is 11.3. The number of rotatable bonds is 3. The first-order valence-electron chi connectivity index (χ1n) is 5.65. The summed E-state index contributed by atoms with van der Waals surface area (Å²) in [4.78, 5) is 11.3. The summed E-state index contributed by atoms with van der Waals surface area (Å²) >= 11 is 0. The molecule has 0 aliphatic heterocycles. The lowest BCUT2D eigenvalue weighted by atomic mass is 9.74. The zero-order valence-corrected chi connectivity index (χ0v) is 9.18. The van der Waals surface area contributed by atoms with Crippen LogP contribution in [0.25, 0.3) is 0 Å². The fraction of sp³-hybridized carbons (Fsp3) is 0.917. The van der Waals surface area contributed by atoms with E-state index in [-0.39, 0.29) is 0 Å². The fourth-order valence-electron chi connectivity index (χ4n) is 2.54. The van der Waals surface area contributed by atoms with E-state index < -0.39 is 0 Å². The van der Waals surface area contributed by atoms with Crippen LogP contribution in [0.3, 0.4) is 0 Å². The van der Waals surface area contributed by atoms with E-state index in [1.165, 1.54) is 12.8 Å². The Bertz CT molecular complexity index is 172. The molecule has 0 aromatic carbocycles. The van der Waals surface area contributed by atoms with Gasteiger partial charge in [-0.15, -0.1) is 0 Å². The van der Waals surface area contributed by atoms with Gasteiger partial charge in [0, 0.05) is 12.8 Å². The van der Waals surface area contributed by atoms with Crippen LogP contribution in [-0.4, -0.2) is 5.78 Å². The maximum Gasteiger partial charge on any atom is 0.133 e. The molecule has 0 heterocycles. The predicted octanol–water partition coefficient (Wildman–Crippen LogP) is 3.43. The van der Waals surface area contributed by atoms with Gasteiger partial charge in [0.1, 0.15) is 5.78 Å². The molecular formula is C12H22O. The molecule has 76 valence electrons. The summed E-state index contributed by atoms with van der Waals surface area (Å²) < 4.78 is 0. The Morgan fingerprint density at radius 2 is 2.08 bits per heavy atom. The minimum Gasteiger partial charge on any atom is -0.300 e. The number of carbonyl (C=O) groups excluding carboxylic acids is 1. The Kier molecular flexibility index (Phi) is 3.95. The maximum absolute atomic E-state index is 11.3. The Morgan fingerprint density at radius 1 is 1.38 bits per heavy atom. The second kappa shape index (κ2) is 4.78. The van der Waals surface area contributed by atoms with Crippen molar-refractivity contribution in [2.24, 2.45) is 17.8 Å². The zero-order chi connectivity index (χ0) is 9.84. The lowest BCUT2D eigenvalue weighted by molar-refractivity contribution is -0.122. The molecule has 1 aliphatic carbocycles.